The summed E-state index contributed by atoms with van der Waals surface area (Å²) in [5.74, 6) is -0.00683. The summed E-state index contributed by atoms with van der Waals surface area (Å²) in [5, 5.41) is 29.8. The van der Waals surface area contributed by atoms with Crippen molar-refractivity contribution in [1.82, 2.24) is 0 Å². The lowest BCUT2D eigenvalue weighted by atomic mass is 10.0. The van der Waals surface area contributed by atoms with Crippen LogP contribution in [-0.4, -0.2) is 27.0 Å². The molecular formula is C9H12N2O4S. The number of hydrogen-bond acceptors (Lipinski definition) is 6. The van der Waals surface area contributed by atoms with Gasteiger partial charge in [-0.3, -0.25) is 10.1 Å². The minimum atomic E-state index is -1.37. The van der Waals surface area contributed by atoms with Gasteiger partial charge < -0.3 is 15.9 Å². The SMILES string of the molecule is Nc1cccc(C(O)C(O)CS)c1[N+](=O)[O-]. The van der Waals surface area contributed by atoms with Crippen molar-refractivity contribution in [1.29, 1.82) is 0 Å². The number of para-hydroxylation sites is 1. The highest BCUT2D eigenvalue weighted by Crippen LogP contribution is 2.32. The van der Waals surface area contributed by atoms with Gasteiger partial charge in [-0.25, -0.2) is 0 Å². The first-order valence-electron chi connectivity index (χ1n) is 4.48. The summed E-state index contributed by atoms with van der Waals surface area (Å²) < 4.78 is 0. The number of nitrogens with two attached hydrogens (primary N) is 1. The summed E-state index contributed by atoms with van der Waals surface area (Å²) in [4.78, 5) is 10.1. The molecule has 1 rings (SSSR count). The third kappa shape index (κ3) is 2.43. The van der Waals surface area contributed by atoms with Gasteiger partial charge in [-0.2, -0.15) is 12.6 Å². The molecule has 88 valence electrons. The van der Waals surface area contributed by atoms with E-state index in [2.05, 4.69) is 12.6 Å². The quantitative estimate of drug-likeness (QED) is 0.267. The minimum absolute atomic E-state index is 0.00683. The maximum absolute atomic E-state index is 10.8. The molecule has 0 amide bonds. The molecule has 1 aromatic carbocycles. The topological polar surface area (TPSA) is 110 Å². The van der Waals surface area contributed by atoms with E-state index in [4.69, 9.17) is 5.73 Å². The lowest BCUT2D eigenvalue weighted by Crippen LogP contribution is -2.21. The molecule has 0 aromatic heterocycles. The van der Waals surface area contributed by atoms with E-state index in [1.165, 1.54) is 18.2 Å². The molecule has 0 heterocycles. The van der Waals surface area contributed by atoms with Crippen molar-refractivity contribution < 1.29 is 15.1 Å². The molecule has 0 aliphatic carbocycles. The van der Waals surface area contributed by atoms with Crippen molar-refractivity contribution in [2.75, 3.05) is 11.5 Å². The number of benzene rings is 1. The Balaban J connectivity index is 3.22. The maximum atomic E-state index is 10.8. The minimum Gasteiger partial charge on any atom is -0.393 e. The average molecular weight is 244 g/mol. The van der Waals surface area contributed by atoms with E-state index < -0.39 is 17.1 Å². The number of nitrogen functional groups attached to an aromatic ring is 1. The number of nitro benzene ring substituents is 1. The second-order valence-electron chi connectivity index (χ2n) is 3.24. The number of nitrogens with zero attached hydrogens (tertiary/aromatic N) is 1. The van der Waals surface area contributed by atoms with E-state index in [0.29, 0.717) is 0 Å². The van der Waals surface area contributed by atoms with Crippen LogP contribution < -0.4 is 5.73 Å². The van der Waals surface area contributed by atoms with Crippen LogP contribution in [0.5, 0.6) is 0 Å². The van der Waals surface area contributed by atoms with Crippen molar-refractivity contribution in [3.8, 4) is 0 Å². The molecule has 0 radical (unpaired) electrons. The van der Waals surface area contributed by atoms with E-state index >= 15 is 0 Å². The second-order valence-corrected chi connectivity index (χ2v) is 3.60. The number of aliphatic hydroxyl groups is 2. The molecule has 2 atom stereocenters. The van der Waals surface area contributed by atoms with Crippen molar-refractivity contribution in [3.05, 3.63) is 33.9 Å². The first kappa shape index (κ1) is 12.8. The highest BCUT2D eigenvalue weighted by Gasteiger charge is 2.27. The molecule has 0 saturated carbocycles. The normalized spacial score (nSPS) is 14.4. The van der Waals surface area contributed by atoms with Crippen LogP contribution in [0.25, 0.3) is 0 Å². The summed E-state index contributed by atoms with van der Waals surface area (Å²) >= 11 is 3.81. The average Bonchev–Trinajstić information content (AvgIpc) is 2.26. The van der Waals surface area contributed by atoms with E-state index in [1.807, 2.05) is 0 Å². The maximum Gasteiger partial charge on any atom is 0.297 e. The van der Waals surface area contributed by atoms with Crippen molar-refractivity contribution in [3.63, 3.8) is 0 Å². The monoisotopic (exact) mass is 244 g/mol. The van der Waals surface area contributed by atoms with Gasteiger partial charge in [0.05, 0.1) is 16.6 Å². The Kier molecular flexibility index (Phi) is 4.11. The molecule has 0 aliphatic heterocycles. The number of thiol groups is 1. The lowest BCUT2D eigenvalue weighted by molar-refractivity contribution is -0.385. The molecule has 7 heteroatoms. The smallest absolute Gasteiger partial charge is 0.297 e. The van der Waals surface area contributed by atoms with Gasteiger partial charge in [-0.05, 0) is 12.1 Å². The zero-order valence-corrected chi connectivity index (χ0v) is 9.17. The molecule has 0 spiro atoms. The van der Waals surface area contributed by atoms with Gasteiger partial charge in [0.1, 0.15) is 11.8 Å². The molecule has 0 aliphatic rings. The predicted molar refractivity (Wildman–Crippen MR) is 62.3 cm³/mol. The summed E-state index contributed by atoms with van der Waals surface area (Å²) in [5.41, 5.74) is 5.01. The summed E-state index contributed by atoms with van der Waals surface area (Å²) in [6.07, 6.45) is -2.55. The number of aliphatic hydroxyl groups excluding tert-OH is 2. The highest BCUT2D eigenvalue weighted by molar-refractivity contribution is 7.80. The Morgan fingerprint density at radius 3 is 2.62 bits per heavy atom. The lowest BCUT2D eigenvalue weighted by Gasteiger charge is -2.16. The summed E-state index contributed by atoms with van der Waals surface area (Å²) in [6, 6.07) is 4.19. The highest BCUT2D eigenvalue weighted by atomic mass is 32.1. The van der Waals surface area contributed by atoms with Crippen LogP contribution >= 0.6 is 12.6 Å². The number of hydrogen-bond donors (Lipinski definition) is 4. The van der Waals surface area contributed by atoms with Gasteiger partial charge in [-0.15, -0.1) is 0 Å². The zero-order chi connectivity index (χ0) is 12.3. The van der Waals surface area contributed by atoms with Gasteiger partial charge in [0.2, 0.25) is 0 Å². The molecular weight excluding hydrogens is 232 g/mol. The Morgan fingerprint density at radius 1 is 1.50 bits per heavy atom. The standard InChI is InChI=1S/C9H12N2O4S/c10-6-3-1-2-5(8(6)11(14)15)9(13)7(12)4-16/h1-3,7,9,12-13,16H,4,10H2. The van der Waals surface area contributed by atoms with Crippen molar-refractivity contribution in [2.45, 2.75) is 12.2 Å². The zero-order valence-electron chi connectivity index (χ0n) is 8.28. The van der Waals surface area contributed by atoms with E-state index in [-0.39, 0.29) is 22.7 Å². The Hall–Kier alpha value is -1.31. The molecule has 2 unspecified atom stereocenters. The van der Waals surface area contributed by atoms with Gasteiger partial charge in [0.15, 0.2) is 0 Å². The van der Waals surface area contributed by atoms with Gasteiger partial charge in [0, 0.05) is 5.75 Å². The number of rotatable bonds is 4. The van der Waals surface area contributed by atoms with Crippen LogP contribution in [0.4, 0.5) is 11.4 Å². The van der Waals surface area contributed by atoms with Crippen LogP contribution in [0.3, 0.4) is 0 Å². The number of anilines is 1. The van der Waals surface area contributed by atoms with Gasteiger partial charge in [0.25, 0.3) is 5.69 Å². The fraction of sp³-hybridized carbons (Fsp3) is 0.333. The van der Waals surface area contributed by atoms with E-state index in [1.54, 1.807) is 0 Å². The van der Waals surface area contributed by atoms with Crippen LogP contribution in [0, 0.1) is 10.1 Å². The Labute approximate surface area is 97.3 Å². The molecule has 6 nitrogen and oxygen atoms in total. The fourth-order valence-electron chi connectivity index (χ4n) is 1.34. The summed E-state index contributed by atoms with van der Waals surface area (Å²) in [7, 11) is 0. The van der Waals surface area contributed by atoms with Crippen LogP contribution in [-0.2, 0) is 0 Å². The predicted octanol–water partition coefficient (Wildman–Crippen LogP) is 0.501. The number of nitro groups is 1. The third-order valence-corrected chi connectivity index (χ3v) is 2.53. The van der Waals surface area contributed by atoms with Gasteiger partial charge in [-0.1, -0.05) is 6.07 Å². The summed E-state index contributed by atoms with van der Waals surface area (Å²) in [6.45, 7) is 0. The van der Waals surface area contributed by atoms with Crippen LogP contribution in [0.1, 0.15) is 11.7 Å². The Bertz CT molecular complexity index is 399. The largest absolute Gasteiger partial charge is 0.393 e. The molecule has 0 bridgehead atoms. The molecule has 1 aromatic rings. The first-order chi connectivity index (χ1) is 7.49. The second kappa shape index (κ2) is 5.15. The molecule has 0 fully saturated rings. The first-order valence-corrected chi connectivity index (χ1v) is 5.12. The van der Waals surface area contributed by atoms with Gasteiger partial charge >= 0.3 is 0 Å². The van der Waals surface area contributed by atoms with Crippen molar-refractivity contribution >= 4 is 24.0 Å². The van der Waals surface area contributed by atoms with Crippen LogP contribution in [0.15, 0.2) is 18.2 Å². The van der Waals surface area contributed by atoms with Crippen LogP contribution in [0.2, 0.25) is 0 Å². The van der Waals surface area contributed by atoms with E-state index in [9.17, 15) is 20.3 Å². The van der Waals surface area contributed by atoms with E-state index in [0.717, 1.165) is 0 Å². The molecule has 16 heavy (non-hydrogen) atoms. The Morgan fingerprint density at radius 2 is 2.12 bits per heavy atom. The molecule has 4 N–H and O–H groups in total. The molecule has 0 saturated heterocycles. The van der Waals surface area contributed by atoms with Crippen molar-refractivity contribution in [2.24, 2.45) is 0 Å². The fourth-order valence-corrected chi connectivity index (χ4v) is 1.54. The third-order valence-electron chi connectivity index (χ3n) is 2.15.